The topological polar surface area (TPSA) is 4.93 Å². The van der Waals surface area contributed by atoms with Crippen molar-refractivity contribution in [2.75, 3.05) is 0 Å². The number of fused-ring (bicyclic) bond motifs is 3. The molecule has 0 aliphatic rings. The molecule has 96 valence electrons. The Labute approximate surface area is 120 Å². The van der Waals surface area contributed by atoms with Crippen LogP contribution < -0.4 is 0 Å². The molecule has 2 heteroatoms. The summed E-state index contributed by atoms with van der Waals surface area (Å²) in [5.74, 6) is 0. The fraction of sp³-hybridized carbons (Fsp3) is 0. The monoisotopic (exact) mass is 275 g/mol. The van der Waals surface area contributed by atoms with Gasteiger partial charge in [0.2, 0.25) is 0 Å². The van der Waals surface area contributed by atoms with Crippen LogP contribution in [0.2, 0.25) is 0 Å². The van der Waals surface area contributed by atoms with Crippen LogP contribution in [0.15, 0.2) is 72.8 Å². The van der Waals surface area contributed by atoms with Crippen LogP contribution in [0.1, 0.15) is 0 Å². The predicted octanol–water partition coefficient (Wildman–Crippen LogP) is 5.10. The molecular weight excluding hydrogens is 261 g/mol. The Kier molecular flexibility index (Phi) is 2.61. The molecule has 0 saturated carbocycles. The van der Waals surface area contributed by atoms with E-state index >= 15 is 0 Å². The highest BCUT2D eigenvalue weighted by atomic mass is 31.0. The third-order valence-electron chi connectivity index (χ3n) is 3.82. The summed E-state index contributed by atoms with van der Waals surface area (Å²) < 4.78 is 2.19. The van der Waals surface area contributed by atoms with E-state index in [2.05, 4.69) is 86.5 Å². The van der Waals surface area contributed by atoms with E-state index in [9.17, 15) is 0 Å². The van der Waals surface area contributed by atoms with Crippen LogP contribution in [0.3, 0.4) is 0 Å². The summed E-state index contributed by atoms with van der Waals surface area (Å²) in [6.07, 6.45) is 0. The molecule has 0 amide bonds. The lowest BCUT2D eigenvalue weighted by molar-refractivity contribution is 1.42. The van der Waals surface area contributed by atoms with Gasteiger partial charge in [-0.25, -0.2) is 0 Å². The molecule has 1 heterocycles. The fourth-order valence-corrected chi connectivity index (χ4v) is 3.25. The van der Waals surface area contributed by atoms with Crippen LogP contribution in [0.5, 0.6) is 0 Å². The lowest BCUT2D eigenvalue weighted by atomic mass is 10.0. The highest BCUT2D eigenvalue weighted by Crippen LogP contribution is 2.33. The maximum Gasteiger partial charge on any atom is 0.0527 e. The molecule has 1 aromatic heterocycles. The second-order valence-electron chi connectivity index (χ2n) is 4.99. The van der Waals surface area contributed by atoms with Crippen molar-refractivity contribution in [2.45, 2.75) is 0 Å². The van der Waals surface area contributed by atoms with Crippen molar-refractivity contribution in [3.63, 3.8) is 0 Å². The van der Waals surface area contributed by atoms with Gasteiger partial charge in [-0.1, -0.05) is 60.7 Å². The van der Waals surface area contributed by atoms with Crippen molar-refractivity contribution in [3.8, 4) is 11.1 Å². The summed E-state index contributed by atoms with van der Waals surface area (Å²) in [5, 5.41) is 2.60. The quantitative estimate of drug-likeness (QED) is 0.426. The highest BCUT2D eigenvalue weighted by Gasteiger charge is 2.08. The summed E-state index contributed by atoms with van der Waals surface area (Å²) >= 11 is 0. The fourth-order valence-electron chi connectivity index (χ4n) is 2.81. The lowest BCUT2D eigenvalue weighted by Gasteiger charge is -2.03. The number of hydrogen-bond acceptors (Lipinski definition) is 0. The smallest absolute Gasteiger partial charge is 0.0527 e. The van der Waals surface area contributed by atoms with Gasteiger partial charge in [0.25, 0.3) is 0 Å². The second kappa shape index (κ2) is 4.47. The Morgan fingerprint density at radius 2 is 1.30 bits per heavy atom. The minimum atomic E-state index is 1.25. The first-order valence-corrected chi connectivity index (χ1v) is 7.20. The van der Waals surface area contributed by atoms with Gasteiger partial charge in [0.15, 0.2) is 0 Å². The zero-order valence-corrected chi connectivity index (χ0v) is 12.1. The van der Waals surface area contributed by atoms with Crippen molar-refractivity contribution in [1.29, 1.82) is 0 Å². The number of benzene rings is 3. The first kappa shape index (κ1) is 11.7. The van der Waals surface area contributed by atoms with Gasteiger partial charge >= 0.3 is 0 Å². The molecule has 4 rings (SSSR count). The molecule has 0 fully saturated rings. The Morgan fingerprint density at radius 1 is 0.600 bits per heavy atom. The van der Waals surface area contributed by atoms with E-state index in [0.717, 1.165) is 0 Å². The van der Waals surface area contributed by atoms with Gasteiger partial charge in [0.05, 0.1) is 11.0 Å². The molecule has 0 aliphatic carbocycles. The molecule has 0 N–H and O–H groups in total. The van der Waals surface area contributed by atoms with Crippen molar-refractivity contribution in [1.82, 2.24) is 4.34 Å². The number of hydrogen-bond donors (Lipinski definition) is 0. The minimum absolute atomic E-state index is 1.25. The lowest BCUT2D eigenvalue weighted by Crippen LogP contribution is -1.80. The summed E-state index contributed by atoms with van der Waals surface area (Å²) in [7, 11) is 2.82. The van der Waals surface area contributed by atoms with Crippen molar-refractivity contribution in [2.24, 2.45) is 0 Å². The Morgan fingerprint density at radius 3 is 2.15 bits per heavy atom. The second-order valence-corrected chi connectivity index (χ2v) is 5.50. The zero-order chi connectivity index (χ0) is 13.5. The third-order valence-corrected chi connectivity index (χ3v) is 4.37. The van der Waals surface area contributed by atoms with Crippen molar-refractivity contribution >= 4 is 31.2 Å². The molecule has 20 heavy (non-hydrogen) atoms. The van der Waals surface area contributed by atoms with Crippen LogP contribution in [-0.4, -0.2) is 4.34 Å². The number of para-hydroxylation sites is 1. The molecule has 0 spiro atoms. The molecule has 1 atom stereocenters. The van der Waals surface area contributed by atoms with E-state index in [1.807, 2.05) is 0 Å². The Hall–Kier alpha value is -2.11. The molecule has 0 radical (unpaired) electrons. The number of rotatable bonds is 1. The van der Waals surface area contributed by atoms with Gasteiger partial charge in [0, 0.05) is 10.8 Å². The van der Waals surface area contributed by atoms with Gasteiger partial charge in [-0.2, -0.15) is 0 Å². The average molecular weight is 275 g/mol. The normalized spacial score (nSPS) is 11.2. The van der Waals surface area contributed by atoms with E-state index in [-0.39, 0.29) is 0 Å². The van der Waals surface area contributed by atoms with Crippen LogP contribution >= 0.6 is 9.39 Å². The molecule has 0 bridgehead atoms. The van der Waals surface area contributed by atoms with Gasteiger partial charge in [-0.05, 0) is 32.7 Å². The van der Waals surface area contributed by atoms with E-state index in [1.165, 1.54) is 32.9 Å². The van der Waals surface area contributed by atoms with Crippen LogP contribution in [-0.2, 0) is 0 Å². The highest BCUT2D eigenvalue weighted by molar-refractivity contribution is 7.15. The molecule has 0 saturated heterocycles. The summed E-state index contributed by atoms with van der Waals surface area (Å²) in [5.41, 5.74) is 5.00. The average Bonchev–Trinajstić information content (AvgIpc) is 2.81. The van der Waals surface area contributed by atoms with E-state index in [0.29, 0.717) is 0 Å². The van der Waals surface area contributed by atoms with E-state index in [1.54, 1.807) is 0 Å². The first-order valence-electron chi connectivity index (χ1n) is 6.68. The SMILES string of the molecule is Pn1c2ccccc2c2ccc(-c3ccccc3)cc21. The minimum Gasteiger partial charge on any atom is -0.325 e. The Balaban J connectivity index is 2.05. The number of nitrogens with zero attached hydrogens (tertiary/aromatic N) is 1. The van der Waals surface area contributed by atoms with Gasteiger partial charge < -0.3 is 4.34 Å². The van der Waals surface area contributed by atoms with E-state index in [4.69, 9.17) is 0 Å². The maximum atomic E-state index is 2.82. The predicted molar refractivity (Wildman–Crippen MR) is 90.0 cm³/mol. The van der Waals surface area contributed by atoms with Crippen LogP contribution in [0.4, 0.5) is 0 Å². The third kappa shape index (κ3) is 1.67. The molecule has 0 aliphatic heterocycles. The molecule has 1 unspecified atom stereocenters. The molecule has 1 nitrogen and oxygen atoms in total. The maximum absolute atomic E-state index is 2.82. The van der Waals surface area contributed by atoms with Crippen LogP contribution in [0, 0.1) is 0 Å². The first-order chi connectivity index (χ1) is 9.84. The zero-order valence-electron chi connectivity index (χ0n) is 11.0. The van der Waals surface area contributed by atoms with Gasteiger partial charge in [0.1, 0.15) is 0 Å². The largest absolute Gasteiger partial charge is 0.325 e. The van der Waals surface area contributed by atoms with Crippen molar-refractivity contribution in [3.05, 3.63) is 72.8 Å². The standard InChI is InChI=1S/C18H14NP/c20-19-17-9-5-4-8-15(17)16-11-10-14(12-18(16)19)13-6-2-1-3-7-13/h1-12H,20H2. The van der Waals surface area contributed by atoms with Crippen molar-refractivity contribution < 1.29 is 0 Å². The van der Waals surface area contributed by atoms with Gasteiger partial charge in [-0.15, -0.1) is 0 Å². The summed E-state index contributed by atoms with van der Waals surface area (Å²) in [4.78, 5) is 0. The number of aromatic nitrogens is 1. The van der Waals surface area contributed by atoms with Gasteiger partial charge in [-0.3, -0.25) is 0 Å². The molecular formula is C18H14NP. The molecule has 3 aromatic carbocycles. The summed E-state index contributed by atoms with van der Waals surface area (Å²) in [6, 6.07) is 25.7. The Bertz CT molecular complexity index is 907. The summed E-state index contributed by atoms with van der Waals surface area (Å²) in [6.45, 7) is 0. The molecule has 4 aromatic rings. The van der Waals surface area contributed by atoms with E-state index < -0.39 is 0 Å². The van der Waals surface area contributed by atoms with Crippen LogP contribution in [0.25, 0.3) is 32.9 Å².